The Kier molecular flexibility index (Phi) is 6.14. The van der Waals surface area contributed by atoms with Crippen LogP contribution in [0, 0.1) is 6.92 Å². The zero-order valence-corrected chi connectivity index (χ0v) is 16.7. The minimum atomic E-state index is -3.74. The molecule has 4 N–H and O–H groups in total. The third kappa shape index (κ3) is 4.71. The SMILES string of the molecule is COc1ccc(Oc2cc(C)c(C(=O)N=C(N)N)cc2S(C)(=O)=O)c(OC)c1. The van der Waals surface area contributed by atoms with Gasteiger partial charge >= 0.3 is 0 Å². The smallest absolute Gasteiger partial charge is 0.280 e. The average Bonchev–Trinajstić information content (AvgIpc) is 2.60. The molecule has 1 amide bonds. The molecule has 0 unspecified atom stereocenters. The molecule has 0 atom stereocenters. The highest BCUT2D eigenvalue weighted by Gasteiger charge is 2.22. The molecule has 0 aliphatic heterocycles. The van der Waals surface area contributed by atoms with E-state index in [0.717, 1.165) is 6.26 Å². The number of carbonyl (C=O) groups excluding carboxylic acids is 1. The van der Waals surface area contributed by atoms with E-state index in [1.165, 1.54) is 26.4 Å². The second-order valence-corrected chi connectivity index (χ2v) is 7.83. The van der Waals surface area contributed by atoms with Crippen molar-refractivity contribution < 1.29 is 27.4 Å². The number of hydrogen-bond acceptors (Lipinski definition) is 6. The summed E-state index contributed by atoms with van der Waals surface area (Å²) < 4.78 is 40.8. The number of aryl methyl sites for hydroxylation is 1. The predicted molar refractivity (Wildman–Crippen MR) is 104 cm³/mol. The van der Waals surface area contributed by atoms with Crippen LogP contribution in [-0.4, -0.2) is 40.8 Å². The number of nitrogens with two attached hydrogens (primary N) is 2. The molecule has 28 heavy (non-hydrogen) atoms. The summed E-state index contributed by atoms with van der Waals surface area (Å²) in [5.41, 5.74) is 10.9. The summed E-state index contributed by atoms with van der Waals surface area (Å²) >= 11 is 0. The van der Waals surface area contributed by atoms with Gasteiger partial charge in [0.05, 0.1) is 14.2 Å². The lowest BCUT2D eigenvalue weighted by molar-refractivity contribution is 0.100. The molecule has 10 heteroatoms. The number of ether oxygens (including phenoxy) is 3. The number of methoxy groups -OCH3 is 2. The Balaban J connectivity index is 2.61. The predicted octanol–water partition coefficient (Wildman–Crippen LogP) is 1.62. The van der Waals surface area contributed by atoms with Crippen molar-refractivity contribution >= 4 is 21.7 Å². The fourth-order valence-corrected chi connectivity index (χ4v) is 3.21. The molecule has 0 heterocycles. The van der Waals surface area contributed by atoms with Crippen LogP contribution in [0.4, 0.5) is 0 Å². The van der Waals surface area contributed by atoms with Gasteiger partial charge in [-0.15, -0.1) is 0 Å². The molecule has 0 aliphatic carbocycles. The van der Waals surface area contributed by atoms with Crippen molar-refractivity contribution in [1.82, 2.24) is 0 Å². The third-order valence-corrected chi connectivity index (χ3v) is 4.86. The van der Waals surface area contributed by atoms with E-state index in [1.807, 2.05) is 0 Å². The Bertz CT molecular complexity index is 1040. The summed E-state index contributed by atoms with van der Waals surface area (Å²) in [6.45, 7) is 1.61. The minimum Gasteiger partial charge on any atom is -0.497 e. The number of carbonyl (C=O) groups is 1. The van der Waals surface area contributed by atoms with Crippen molar-refractivity contribution in [3.63, 3.8) is 0 Å². The maximum Gasteiger partial charge on any atom is 0.280 e. The van der Waals surface area contributed by atoms with Crippen LogP contribution < -0.4 is 25.7 Å². The van der Waals surface area contributed by atoms with E-state index in [2.05, 4.69) is 4.99 Å². The van der Waals surface area contributed by atoms with Gasteiger partial charge in [-0.05, 0) is 36.8 Å². The molecule has 150 valence electrons. The standard InChI is InChI=1S/C18H21N3O6S/c1-10-7-15(27-13-6-5-11(25-2)8-14(13)26-3)16(28(4,23)24)9-12(10)17(22)21-18(19)20/h5-9H,1-4H3,(H4,19,20,21,22). The highest BCUT2D eigenvalue weighted by atomic mass is 32.2. The second kappa shape index (κ2) is 8.17. The Labute approximate surface area is 162 Å². The van der Waals surface area contributed by atoms with Crippen LogP contribution >= 0.6 is 0 Å². The normalized spacial score (nSPS) is 10.9. The van der Waals surface area contributed by atoms with Crippen molar-refractivity contribution in [2.75, 3.05) is 20.5 Å². The Morgan fingerprint density at radius 3 is 2.21 bits per heavy atom. The maximum absolute atomic E-state index is 12.3. The lowest BCUT2D eigenvalue weighted by atomic mass is 10.1. The van der Waals surface area contributed by atoms with E-state index < -0.39 is 21.7 Å². The Morgan fingerprint density at radius 1 is 1.00 bits per heavy atom. The van der Waals surface area contributed by atoms with E-state index in [-0.39, 0.29) is 22.0 Å². The van der Waals surface area contributed by atoms with Gasteiger partial charge in [0, 0.05) is 17.9 Å². The second-order valence-electron chi connectivity index (χ2n) is 5.85. The molecule has 0 saturated heterocycles. The number of rotatable bonds is 6. The van der Waals surface area contributed by atoms with Crippen LogP contribution in [0.5, 0.6) is 23.0 Å². The molecule has 0 bridgehead atoms. The van der Waals surface area contributed by atoms with Crippen LogP contribution in [0.1, 0.15) is 15.9 Å². The molecular weight excluding hydrogens is 386 g/mol. The van der Waals surface area contributed by atoms with Gasteiger partial charge in [0.2, 0.25) is 0 Å². The van der Waals surface area contributed by atoms with Crippen LogP contribution in [0.25, 0.3) is 0 Å². The lowest BCUT2D eigenvalue weighted by Crippen LogP contribution is -2.24. The monoisotopic (exact) mass is 407 g/mol. The topological polar surface area (TPSA) is 143 Å². The highest BCUT2D eigenvalue weighted by molar-refractivity contribution is 7.90. The minimum absolute atomic E-state index is 0.0321. The number of aliphatic imine (C=N–C) groups is 1. The zero-order chi connectivity index (χ0) is 21.1. The lowest BCUT2D eigenvalue weighted by Gasteiger charge is -2.15. The fourth-order valence-electron chi connectivity index (χ4n) is 2.42. The van der Waals surface area contributed by atoms with Gasteiger partial charge in [0.25, 0.3) is 5.91 Å². The number of hydrogen-bond donors (Lipinski definition) is 2. The summed E-state index contributed by atoms with van der Waals surface area (Å²) in [6, 6.07) is 7.43. The van der Waals surface area contributed by atoms with E-state index in [9.17, 15) is 13.2 Å². The van der Waals surface area contributed by atoms with Gasteiger partial charge in [-0.2, -0.15) is 4.99 Å². The van der Waals surface area contributed by atoms with Crippen molar-refractivity contribution in [2.45, 2.75) is 11.8 Å². The molecule has 0 spiro atoms. The van der Waals surface area contributed by atoms with Crippen molar-refractivity contribution in [3.05, 3.63) is 41.5 Å². The Hall–Kier alpha value is -3.27. The summed E-state index contributed by atoms with van der Waals surface area (Å²) in [6.07, 6.45) is 1.00. The largest absolute Gasteiger partial charge is 0.497 e. The first-order chi connectivity index (χ1) is 13.1. The molecule has 2 aromatic carbocycles. The highest BCUT2D eigenvalue weighted by Crippen LogP contribution is 2.38. The van der Waals surface area contributed by atoms with Gasteiger partial charge in [-0.3, -0.25) is 4.79 Å². The first-order valence-corrected chi connectivity index (χ1v) is 9.84. The van der Waals surface area contributed by atoms with E-state index in [4.69, 9.17) is 25.7 Å². The number of benzene rings is 2. The van der Waals surface area contributed by atoms with Crippen molar-refractivity contribution in [3.8, 4) is 23.0 Å². The number of nitrogens with zero attached hydrogens (tertiary/aromatic N) is 1. The summed E-state index contributed by atoms with van der Waals surface area (Å²) in [7, 11) is -0.788. The summed E-state index contributed by atoms with van der Waals surface area (Å²) in [5, 5.41) is 0. The molecule has 0 saturated carbocycles. The van der Waals surface area contributed by atoms with Crippen LogP contribution in [0.2, 0.25) is 0 Å². The molecule has 0 radical (unpaired) electrons. The molecule has 0 fully saturated rings. The van der Waals surface area contributed by atoms with E-state index in [1.54, 1.807) is 25.1 Å². The molecular formula is C18H21N3O6S. The third-order valence-electron chi connectivity index (χ3n) is 3.74. The fraction of sp³-hybridized carbons (Fsp3) is 0.222. The quantitative estimate of drug-likeness (QED) is 0.543. The first kappa shape index (κ1) is 21.0. The Morgan fingerprint density at radius 2 is 1.68 bits per heavy atom. The molecule has 0 aliphatic rings. The van der Waals surface area contributed by atoms with Crippen molar-refractivity contribution in [2.24, 2.45) is 16.5 Å². The number of sulfone groups is 1. The zero-order valence-electron chi connectivity index (χ0n) is 15.8. The number of amides is 1. The van der Waals surface area contributed by atoms with Gasteiger partial charge in [0.15, 0.2) is 27.3 Å². The van der Waals surface area contributed by atoms with Crippen LogP contribution in [-0.2, 0) is 9.84 Å². The molecule has 2 aromatic rings. The first-order valence-electron chi connectivity index (χ1n) is 7.95. The average molecular weight is 407 g/mol. The van der Waals surface area contributed by atoms with Gasteiger partial charge in [0.1, 0.15) is 16.4 Å². The van der Waals surface area contributed by atoms with Gasteiger partial charge < -0.3 is 25.7 Å². The van der Waals surface area contributed by atoms with Crippen LogP contribution in [0.3, 0.4) is 0 Å². The number of guanidine groups is 1. The van der Waals surface area contributed by atoms with E-state index in [0.29, 0.717) is 17.1 Å². The van der Waals surface area contributed by atoms with Gasteiger partial charge in [-0.1, -0.05) is 0 Å². The van der Waals surface area contributed by atoms with E-state index >= 15 is 0 Å². The molecule has 2 rings (SSSR count). The van der Waals surface area contributed by atoms with Crippen molar-refractivity contribution in [1.29, 1.82) is 0 Å². The maximum atomic E-state index is 12.3. The molecule has 9 nitrogen and oxygen atoms in total. The summed E-state index contributed by atoms with van der Waals surface area (Å²) in [5.74, 6) is 0.0178. The van der Waals surface area contributed by atoms with Gasteiger partial charge in [-0.25, -0.2) is 8.42 Å². The summed E-state index contributed by atoms with van der Waals surface area (Å²) in [4.78, 5) is 15.4. The van der Waals surface area contributed by atoms with Crippen LogP contribution in [0.15, 0.2) is 40.2 Å². The molecule has 0 aromatic heterocycles.